The van der Waals surface area contributed by atoms with Crippen molar-refractivity contribution in [3.8, 4) is 0 Å². The van der Waals surface area contributed by atoms with Gasteiger partial charge in [-0.2, -0.15) is 0 Å². The third-order valence-electron chi connectivity index (χ3n) is 2.76. The van der Waals surface area contributed by atoms with Crippen LogP contribution < -0.4 is 0 Å². The summed E-state index contributed by atoms with van der Waals surface area (Å²) in [4.78, 5) is 1.64. The molecule has 1 rings (SSSR count). The lowest BCUT2D eigenvalue weighted by molar-refractivity contribution is 0.0231. The summed E-state index contributed by atoms with van der Waals surface area (Å²) < 4.78 is 22.8. The minimum Gasteiger partial charge on any atom is -0.392 e. The highest BCUT2D eigenvalue weighted by Gasteiger charge is 2.40. The second-order valence-corrected chi connectivity index (χ2v) is 7.02. The van der Waals surface area contributed by atoms with Gasteiger partial charge in [0.1, 0.15) is 0 Å². The van der Waals surface area contributed by atoms with Crippen LogP contribution in [0.3, 0.4) is 0 Å². The number of aliphatic hydroxyl groups excluding tert-OH is 3. The zero-order chi connectivity index (χ0) is 13.2. The summed E-state index contributed by atoms with van der Waals surface area (Å²) in [5, 5.41) is 28.5. The highest BCUT2D eigenvalue weighted by molar-refractivity contribution is 7.91. The summed E-state index contributed by atoms with van der Waals surface area (Å²) in [6.45, 7) is 3.65. The van der Waals surface area contributed by atoms with Crippen molar-refractivity contribution in [3.63, 3.8) is 0 Å². The van der Waals surface area contributed by atoms with Crippen LogP contribution in [-0.4, -0.2) is 77.6 Å². The van der Waals surface area contributed by atoms with Crippen molar-refractivity contribution in [1.29, 1.82) is 0 Å². The Labute approximate surface area is 102 Å². The maximum absolute atomic E-state index is 11.4. The SMILES string of the molecule is CC(O)CN(CC(C)O)[C@@H]1CS(=O)(=O)C[C@H]1O. The van der Waals surface area contributed by atoms with E-state index >= 15 is 0 Å². The molecule has 7 heteroatoms. The molecule has 0 aliphatic carbocycles. The van der Waals surface area contributed by atoms with Gasteiger partial charge in [-0.25, -0.2) is 8.42 Å². The molecule has 17 heavy (non-hydrogen) atoms. The molecule has 0 radical (unpaired) electrons. The molecule has 0 aromatic rings. The Hall–Kier alpha value is -0.210. The molecule has 1 heterocycles. The van der Waals surface area contributed by atoms with E-state index in [1.165, 1.54) is 0 Å². The van der Waals surface area contributed by atoms with Crippen LogP contribution in [0.1, 0.15) is 13.8 Å². The quantitative estimate of drug-likeness (QED) is 0.544. The molecule has 2 unspecified atom stereocenters. The molecule has 0 spiro atoms. The second-order valence-electron chi connectivity index (χ2n) is 4.86. The van der Waals surface area contributed by atoms with Crippen LogP contribution in [0.5, 0.6) is 0 Å². The van der Waals surface area contributed by atoms with E-state index in [0.29, 0.717) is 0 Å². The van der Waals surface area contributed by atoms with Gasteiger partial charge in [0.25, 0.3) is 0 Å². The van der Waals surface area contributed by atoms with E-state index in [-0.39, 0.29) is 24.6 Å². The summed E-state index contributed by atoms with van der Waals surface area (Å²) in [6, 6.07) is -0.538. The predicted octanol–water partition coefficient (Wildman–Crippen LogP) is -1.79. The van der Waals surface area contributed by atoms with Gasteiger partial charge in [-0.1, -0.05) is 0 Å². The summed E-state index contributed by atoms with van der Waals surface area (Å²) >= 11 is 0. The van der Waals surface area contributed by atoms with Crippen molar-refractivity contribution < 1.29 is 23.7 Å². The topological polar surface area (TPSA) is 98.1 Å². The minimum absolute atomic E-state index is 0.117. The number of hydrogen-bond acceptors (Lipinski definition) is 6. The average molecular weight is 267 g/mol. The van der Waals surface area contributed by atoms with Gasteiger partial charge in [0.15, 0.2) is 9.84 Å². The zero-order valence-electron chi connectivity index (χ0n) is 10.2. The molecule has 0 aromatic heterocycles. The number of nitrogens with zero attached hydrogens (tertiary/aromatic N) is 1. The summed E-state index contributed by atoms with van der Waals surface area (Å²) in [5.74, 6) is -0.360. The van der Waals surface area contributed by atoms with Crippen LogP contribution in [0.15, 0.2) is 0 Å². The Morgan fingerprint density at radius 1 is 1.18 bits per heavy atom. The monoisotopic (exact) mass is 267 g/mol. The van der Waals surface area contributed by atoms with E-state index < -0.39 is 34.2 Å². The van der Waals surface area contributed by atoms with Crippen molar-refractivity contribution >= 4 is 9.84 Å². The van der Waals surface area contributed by atoms with Gasteiger partial charge in [0, 0.05) is 13.1 Å². The first-order valence-electron chi connectivity index (χ1n) is 5.70. The van der Waals surface area contributed by atoms with Gasteiger partial charge in [0.2, 0.25) is 0 Å². The fourth-order valence-corrected chi connectivity index (χ4v) is 4.02. The van der Waals surface area contributed by atoms with Crippen LogP contribution in [0.25, 0.3) is 0 Å². The van der Waals surface area contributed by atoms with Crippen LogP contribution in [0, 0.1) is 0 Å². The predicted molar refractivity (Wildman–Crippen MR) is 63.4 cm³/mol. The summed E-state index contributed by atoms with van der Waals surface area (Å²) in [5.41, 5.74) is 0. The molecule has 3 N–H and O–H groups in total. The molecule has 102 valence electrons. The van der Waals surface area contributed by atoms with Gasteiger partial charge >= 0.3 is 0 Å². The number of hydrogen-bond donors (Lipinski definition) is 3. The van der Waals surface area contributed by atoms with Gasteiger partial charge < -0.3 is 15.3 Å². The molecular weight excluding hydrogens is 246 g/mol. The molecule has 0 bridgehead atoms. The lowest BCUT2D eigenvalue weighted by Crippen LogP contribution is -2.48. The highest BCUT2D eigenvalue weighted by atomic mass is 32.2. The number of aliphatic hydroxyl groups is 3. The Balaban J connectivity index is 2.76. The fraction of sp³-hybridized carbons (Fsp3) is 1.00. The highest BCUT2D eigenvalue weighted by Crippen LogP contribution is 2.19. The van der Waals surface area contributed by atoms with Crippen LogP contribution in [-0.2, 0) is 9.84 Å². The second kappa shape index (κ2) is 5.62. The lowest BCUT2D eigenvalue weighted by atomic mass is 10.1. The largest absolute Gasteiger partial charge is 0.392 e. The summed E-state index contributed by atoms with van der Waals surface area (Å²) in [7, 11) is -3.22. The zero-order valence-corrected chi connectivity index (χ0v) is 11.0. The lowest BCUT2D eigenvalue weighted by Gasteiger charge is -2.31. The van der Waals surface area contributed by atoms with Crippen molar-refractivity contribution in [2.45, 2.75) is 38.2 Å². The van der Waals surface area contributed by atoms with Gasteiger partial charge in [-0.3, -0.25) is 4.90 Å². The number of sulfone groups is 1. The van der Waals surface area contributed by atoms with Crippen molar-refractivity contribution in [1.82, 2.24) is 4.90 Å². The average Bonchev–Trinajstić information content (AvgIpc) is 2.36. The Kier molecular flexibility index (Phi) is 4.91. The smallest absolute Gasteiger partial charge is 0.154 e. The van der Waals surface area contributed by atoms with Crippen molar-refractivity contribution in [3.05, 3.63) is 0 Å². The van der Waals surface area contributed by atoms with Crippen molar-refractivity contribution in [2.75, 3.05) is 24.6 Å². The standard InChI is InChI=1S/C10H21NO5S/c1-7(12)3-11(4-8(2)13)9-5-17(15,16)6-10(9)14/h7-10,12-14H,3-6H2,1-2H3/t7?,8?,9-,10-/m1/s1. The third-order valence-corrected chi connectivity index (χ3v) is 4.46. The minimum atomic E-state index is -3.22. The third kappa shape index (κ3) is 4.51. The first-order valence-corrected chi connectivity index (χ1v) is 7.52. The molecule has 1 aliphatic heterocycles. The number of rotatable bonds is 5. The molecule has 6 nitrogen and oxygen atoms in total. The van der Waals surface area contributed by atoms with Gasteiger partial charge in [-0.05, 0) is 13.8 Å². The molecule has 0 amide bonds. The van der Waals surface area contributed by atoms with E-state index in [9.17, 15) is 23.7 Å². The molecular formula is C10H21NO5S. The fourth-order valence-electron chi connectivity index (χ4n) is 2.18. The van der Waals surface area contributed by atoms with Crippen molar-refractivity contribution in [2.24, 2.45) is 0 Å². The first kappa shape index (κ1) is 14.8. The van der Waals surface area contributed by atoms with Crippen LogP contribution >= 0.6 is 0 Å². The molecule has 0 saturated carbocycles. The molecule has 4 atom stereocenters. The van der Waals surface area contributed by atoms with E-state index in [2.05, 4.69) is 0 Å². The van der Waals surface area contributed by atoms with Gasteiger partial charge in [-0.15, -0.1) is 0 Å². The molecule has 1 saturated heterocycles. The normalized spacial score (nSPS) is 31.6. The van der Waals surface area contributed by atoms with Crippen LogP contribution in [0.4, 0.5) is 0 Å². The Morgan fingerprint density at radius 3 is 1.94 bits per heavy atom. The van der Waals surface area contributed by atoms with Gasteiger partial charge in [0.05, 0.1) is 35.9 Å². The Bertz CT molecular complexity index is 331. The van der Waals surface area contributed by atoms with E-state index in [0.717, 1.165) is 0 Å². The van der Waals surface area contributed by atoms with E-state index in [4.69, 9.17) is 0 Å². The maximum Gasteiger partial charge on any atom is 0.154 e. The van der Waals surface area contributed by atoms with E-state index in [1.807, 2.05) is 0 Å². The van der Waals surface area contributed by atoms with E-state index in [1.54, 1.807) is 18.7 Å². The molecule has 1 fully saturated rings. The Morgan fingerprint density at radius 2 is 1.65 bits per heavy atom. The van der Waals surface area contributed by atoms with Crippen LogP contribution in [0.2, 0.25) is 0 Å². The molecule has 0 aromatic carbocycles. The summed E-state index contributed by atoms with van der Waals surface area (Å²) in [6.07, 6.45) is -2.22. The first-order chi connectivity index (χ1) is 7.71. The molecule has 1 aliphatic rings. The maximum atomic E-state index is 11.4.